The summed E-state index contributed by atoms with van der Waals surface area (Å²) in [5, 5.41) is 4.69. The van der Waals surface area contributed by atoms with Gasteiger partial charge in [-0.25, -0.2) is 0 Å². The zero-order valence-electron chi connectivity index (χ0n) is 9.96. The number of rotatable bonds is 5. The van der Waals surface area contributed by atoms with E-state index in [1.54, 1.807) is 12.1 Å². The number of hydrogen-bond donors (Lipinski definition) is 2. The smallest absolute Gasteiger partial charge is 0.265 e. The highest BCUT2D eigenvalue weighted by Crippen LogP contribution is 2.27. The van der Waals surface area contributed by atoms with Gasteiger partial charge in [-0.3, -0.25) is 9.59 Å². The molecule has 0 radical (unpaired) electrons. The number of carbonyl (C=O) groups is 2. The van der Waals surface area contributed by atoms with Crippen LogP contribution < -0.4 is 11.1 Å². The molecule has 6 heteroatoms. The van der Waals surface area contributed by atoms with Gasteiger partial charge in [0.05, 0.1) is 16.3 Å². The van der Waals surface area contributed by atoms with Gasteiger partial charge in [0.15, 0.2) is 0 Å². The molecule has 0 saturated carbocycles. The van der Waals surface area contributed by atoms with Gasteiger partial charge in [0, 0.05) is 4.90 Å². The molecule has 0 aliphatic rings. The molecule has 1 aromatic heterocycles. The first-order valence-electron chi connectivity index (χ1n) is 5.52. The second kappa shape index (κ2) is 6.40. The Hall–Kier alpha value is -1.79. The minimum atomic E-state index is -0.385. The van der Waals surface area contributed by atoms with Crippen LogP contribution in [-0.2, 0) is 4.79 Å². The lowest BCUT2D eigenvalue weighted by Gasteiger charge is -2.09. The second-order valence-corrected chi connectivity index (χ2v) is 5.65. The molecule has 19 heavy (non-hydrogen) atoms. The number of primary amides is 1. The Balaban J connectivity index is 2.11. The van der Waals surface area contributed by atoms with Gasteiger partial charge >= 0.3 is 0 Å². The number of nitrogens with one attached hydrogen (secondary N) is 1. The van der Waals surface area contributed by atoms with Gasteiger partial charge in [-0.2, -0.15) is 0 Å². The van der Waals surface area contributed by atoms with Gasteiger partial charge in [-0.1, -0.05) is 18.2 Å². The number of thiophene rings is 1. The fraction of sp³-hybridized carbons (Fsp3) is 0.0769. The first kappa shape index (κ1) is 13.6. The van der Waals surface area contributed by atoms with Crippen molar-refractivity contribution in [3.8, 4) is 0 Å². The van der Waals surface area contributed by atoms with E-state index >= 15 is 0 Å². The van der Waals surface area contributed by atoms with Crippen LogP contribution in [0.2, 0.25) is 0 Å². The fourth-order valence-electron chi connectivity index (χ4n) is 1.44. The molecule has 4 nitrogen and oxygen atoms in total. The minimum absolute atomic E-state index is 0.151. The fourth-order valence-corrected chi connectivity index (χ4v) is 2.80. The summed E-state index contributed by atoms with van der Waals surface area (Å²) in [5.74, 6) is -0.349. The van der Waals surface area contributed by atoms with Gasteiger partial charge in [0.1, 0.15) is 0 Å². The van der Waals surface area contributed by atoms with Crippen LogP contribution in [0.1, 0.15) is 9.67 Å². The van der Waals surface area contributed by atoms with Crippen molar-refractivity contribution in [2.45, 2.75) is 4.90 Å². The third-order valence-corrected chi connectivity index (χ3v) is 4.21. The molecule has 0 aliphatic carbocycles. The highest BCUT2D eigenvalue weighted by atomic mass is 32.2. The van der Waals surface area contributed by atoms with E-state index in [2.05, 4.69) is 5.32 Å². The van der Waals surface area contributed by atoms with Crippen molar-refractivity contribution < 1.29 is 9.59 Å². The summed E-state index contributed by atoms with van der Waals surface area (Å²) < 4.78 is 0. The van der Waals surface area contributed by atoms with Gasteiger partial charge in [-0.05, 0) is 23.6 Å². The summed E-state index contributed by atoms with van der Waals surface area (Å²) in [6.07, 6.45) is 0. The van der Waals surface area contributed by atoms with Gasteiger partial charge < -0.3 is 11.1 Å². The van der Waals surface area contributed by atoms with Crippen molar-refractivity contribution in [1.82, 2.24) is 0 Å². The molecule has 0 spiro atoms. The number of nitrogens with two attached hydrogens (primary N) is 1. The van der Waals surface area contributed by atoms with Crippen molar-refractivity contribution in [3.05, 3.63) is 46.7 Å². The van der Waals surface area contributed by atoms with Crippen molar-refractivity contribution in [3.63, 3.8) is 0 Å². The minimum Gasteiger partial charge on any atom is -0.369 e. The summed E-state index contributed by atoms with van der Waals surface area (Å²) in [5.41, 5.74) is 5.81. The third-order valence-electron chi connectivity index (χ3n) is 2.25. The molecule has 1 aromatic carbocycles. The summed E-state index contributed by atoms with van der Waals surface area (Å²) >= 11 is 2.69. The lowest BCUT2D eigenvalue weighted by atomic mass is 10.3. The first-order chi connectivity index (χ1) is 9.16. The Morgan fingerprint density at radius 1 is 1.21 bits per heavy atom. The zero-order valence-corrected chi connectivity index (χ0v) is 11.6. The second-order valence-electron chi connectivity index (χ2n) is 3.68. The lowest BCUT2D eigenvalue weighted by Crippen LogP contribution is -2.14. The predicted molar refractivity (Wildman–Crippen MR) is 78.6 cm³/mol. The predicted octanol–water partition coefficient (Wildman–Crippen LogP) is 2.58. The molecule has 0 fully saturated rings. The van der Waals surface area contributed by atoms with Crippen molar-refractivity contribution >= 4 is 40.6 Å². The first-order valence-corrected chi connectivity index (χ1v) is 7.38. The van der Waals surface area contributed by atoms with Crippen molar-refractivity contribution in [1.29, 1.82) is 0 Å². The van der Waals surface area contributed by atoms with Crippen molar-refractivity contribution in [2.24, 2.45) is 5.73 Å². The highest BCUT2D eigenvalue weighted by molar-refractivity contribution is 8.00. The lowest BCUT2D eigenvalue weighted by molar-refractivity contribution is -0.115. The van der Waals surface area contributed by atoms with E-state index in [0.29, 0.717) is 10.6 Å². The molecule has 0 atom stereocenters. The van der Waals surface area contributed by atoms with Crippen LogP contribution in [0.4, 0.5) is 5.69 Å². The van der Waals surface area contributed by atoms with Crippen LogP contribution in [0.3, 0.4) is 0 Å². The topological polar surface area (TPSA) is 72.2 Å². The molecule has 3 N–H and O–H groups in total. The molecule has 2 aromatic rings. The molecule has 2 rings (SSSR count). The molecule has 0 aliphatic heterocycles. The number of carbonyl (C=O) groups excluding carboxylic acids is 2. The molecular formula is C13H12N2O2S2. The average molecular weight is 292 g/mol. The summed E-state index contributed by atoms with van der Waals surface area (Å²) in [4.78, 5) is 24.2. The molecule has 2 amide bonds. The molecular weight excluding hydrogens is 280 g/mol. The number of para-hydroxylation sites is 1. The van der Waals surface area contributed by atoms with Crippen LogP contribution in [0.25, 0.3) is 0 Å². The number of benzene rings is 1. The SMILES string of the molecule is NC(=O)CSc1ccccc1NC(=O)c1cccs1. The molecule has 0 bridgehead atoms. The Bertz CT molecular complexity index is 582. The standard InChI is InChI=1S/C13H12N2O2S2/c14-12(16)8-19-10-5-2-1-4-9(10)15-13(17)11-6-3-7-18-11/h1-7H,8H2,(H2,14,16)(H,15,17). The maximum atomic E-state index is 12.0. The van der Waals surface area contributed by atoms with E-state index in [4.69, 9.17) is 5.73 Å². The van der Waals surface area contributed by atoms with Crippen LogP contribution >= 0.6 is 23.1 Å². The molecule has 0 saturated heterocycles. The Morgan fingerprint density at radius 3 is 2.68 bits per heavy atom. The van der Waals surface area contributed by atoms with Crippen LogP contribution in [-0.4, -0.2) is 17.6 Å². The Kier molecular flexibility index (Phi) is 4.59. The van der Waals surface area contributed by atoms with Gasteiger partial charge in [-0.15, -0.1) is 23.1 Å². The van der Waals surface area contributed by atoms with Crippen LogP contribution in [0.15, 0.2) is 46.7 Å². The molecule has 1 heterocycles. The summed E-state index contributed by atoms with van der Waals surface area (Å²) in [6, 6.07) is 10.9. The van der Waals surface area contributed by atoms with E-state index in [0.717, 1.165) is 4.90 Å². The van der Waals surface area contributed by atoms with Crippen molar-refractivity contribution in [2.75, 3.05) is 11.1 Å². The van der Waals surface area contributed by atoms with E-state index in [-0.39, 0.29) is 17.6 Å². The van der Waals surface area contributed by atoms with Gasteiger partial charge in [0.2, 0.25) is 5.91 Å². The Labute approximate surface area is 119 Å². The Morgan fingerprint density at radius 2 is 2.00 bits per heavy atom. The molecule has 0 unspecified atom stereocenters. The number of anilines is 1. The number of hydrogen-bond acceptors (Lipinski definition) is 4. The third kappa shape index (κ3) is 3.84. The molecule has 98 valence electrons. The summed E-state index contributed by atoms with van der Waals surface area (Å²) in [6.45, 7) is 0. The number of thioether (sulfide) groups is 1. The summed E-state index contributed by atoms with van der Waals surface area (Å²) in [7, 11) is 0. The number of amides is 2. The van der Waals surface area contributed by atoms with E-state index in [9.17, 15) is 9.59 Å². The average Bonchev–Trinajstić information content (AvgIpc) is 2.91. The van der Waals surface area contributed by atoms with E-state index in [1.165, 1.54) is 23.1 Å². The van der Waals surface area contributed by atoms with Gasteiger partial charge in [0.25, 0.3) is 5.91 Å². The van der Waals surface area contributed by atoms with Crippen LogP contribution in [0.5, 0.6) is 0 Å². The largest absolute Gasteiger partial charge is 0.369 e. The zero-order chi connectivity index (χ0) is 13.7. The monoisotopic (exact) mass is 292 g/mol. The van der Waals surface area contributed by atoms with E-state index < -0.39 is 0 Å². The normalized spacial score (nSPS) is 10.1. The van der Waals surface area contributed by atoms with Crippen LogP contribution in [0, 0.1) is 0 Å². The quantitative estimate of drug-likeness (QED) is 0.832. The maximum absolute atomic E-state index is 12.0. The van der Waals surface area contributed by atoms with E-state index in [1.807, 2.05) is 29.6 Å². The maximum Gasteiger partial charge on any atom is 0.265 e. The highest BCUT2D eigenvalue weighted by Gasteiger charge is 2.10.